The minimum atomic E-state index is -3.73. The number of sulfonamides is 1. The molecule has 0 aliphatic carbocycles. The number of piperazine rings is 1. The second-order valence-electron chi connectivity index (χ2n) is 5.28. The topological polar surface area (TPSA) is 53.5 Å². The van der Waals surface area contributed by atoms with E-state index in [1.807, 2.05) is 4.90 Å². The quantitative estimate of drug-likeness (QED) is 0.757. The summed E-state index contributed by atoms with van der Waals surface area (Å²) in [5.41, 5.74) is 0. The van der Waals surface area contributed by atoms with E-state index in [4.69, 9.17) is 23.2 Å². The van der Waals surface area contributed by atoms with E-state index in [1.165, 1.54) is 28.6 Å². The van der Waals surface area contributed by atoms with Crippen LogP contribution in [0.4, 0.5) is 10.2 Å². The molecule has 0 amide bonds. The summed E-state index contributed by atoms with van der Waals surface area (Å²) >= 11 is 11.9. The van der Waals surface area contributed by atoms with Crippen molar-refractivity contribution in [3.05, 3.63) is 52.4 Å². The number of hydrogen-bond acceptors (Lipinski definition) is 4. The molecule has 2 aromatic rings. The monoisotopic (exact) mass is 389 g/mol. The number of nitrogens with zero attached hydrogens (tertiary/aromatic N) is 3. The molecule has 0 saturated carbocycles. The number of anilines is 1. The molecule has 0 atom stereocenters. The zero-order valence-corrected chi connectivity index (χ0v) is 14.8. The van der Waals surface area contributed by atoms with E-state index >= 15 is 0 Å². The highest BCUT2D eigenvalue weighted by Crippen LogP contribution is 2.28. The molecule has 1 saturated heterocycles. The highest BCUT2D eigenvalue weighted by Gasteiger charge is 2.30. The molecule has 1 aromatic carbocycles. The average molecular weight is 390 g/mol. The molecule has 0 bridgehead atoms. The van der Waals surface area contributed by atoms with Crippen LogP contribution in [0.3, 0.4) is 0 Å². The predicted molar refractivity (Wildman–Crippen MR) is 91.6 cm³/mol. The Labute approximate surface area is 149 Å². The van der Waals surface area contributed by atoms with Crippen LogP contribution in [0.2, 0.25) is 10.0 Å². The Morgan fingerprint density at radius 2 is 1.75 bits per heavy atom. The maximum absolute atomic E-state index is 13.2. The van der Waals surface area contributed by atoms with Gasteiger partial charge in [0.2, 0.25) is 16.0 Å². The van der Waals surface area contributed by atoms with Crippen molar-refractivity contribution in [3.8, 4) is 0 Å². The second kappa shape index (κ2) is 6.84. The van der Waals surface area contributed by atoms with Crippen LogP contribution < -0.4 is 4.90 Å². The van der Waals surface area contributed by atoms with Crippen LogP contribution in [0, 0.1) is 5.95 Å². The van der Waals surface area contributed by atoms with Crippen molar-refractivity contribution < 1.29 is 12.8 Å². The van der Waals surface area contributed by atoms with Gasteiger partial charge in [0.1, 0.15) is 10.7 Å². The minimum absolute atomic E-state index is 0.00556. The zero-order chi connectivity index (χ0) is 17.3. The molecule has 1 aliphatic heterocycles. The van der Waals surface area contributed by atoms with Gasteiger partial charge in [-0.05, 0) is 30.3 Å². The fourth-order valence-corrected chi connectivity index (χ4v) is 4.70. The third-order valence-electron chi connectivity index (χ3n) is 3.77. The predicted octanol–water partition coefficient (Wildman–Crippen LogP) is 3.04. The first-order chi connectivity index (χ1) is 11.4. The highest BCUT2D eigenvalue weighted by atomic mass is 35.5. The lowest BCUT2D eigenvalue weighted by Crippen LogP contribution is -2.49. The average Bonchev–Trinajstić information content (AvgIpc) is 2.57. The van der Waals surface area contributed by atoms with E-state index in [-0.39, 0.29) is 23.0 Å². The molecule has 9 heteroatoms. The number of halogens is 3. The summed E-state index contributed by atoms with van der Waals surface area (Å²) in [6, 6.07) is 8.89. The third-order valence-corrected chi connectivity index (χ3v) is 6.39. The summed E-state index contributed by atoms with van der Waals surface area (Å²) in [6.07, 6.45) is 0. The van der Waals surface area contributed by atoms with Gasteiger partial charge in [-0.25, -0.2) is 13.4 Å². The van der Waals surface area contributed by atoms with E-state index in [1.54, 1.807) is 12.1 Å². The Balaban J connectivity index is 1.77. The second-order valence-corrected chi connectivity index (χ2v) is 8.03. The summed E-state index contributed by atoms with van der Waals surface area (Å²) in [5.74, 6) is -0.0684. The molecule has 3 rings (SSSR count). The number of rotatable bonds is 3. The van der Waals surface area contributed by atoms with Crippen LogP contribution in [-0.4, -0.2) is 43.9 Å². The molecule has 1 aliphatic rings. The lowest BCUT2D eigenvalue weighted by Gasteiger charge is -2.34. The molecule has 0 spiro atoms. The van der Waals surface area contributed by atoms with Gasteiger partial charge in [0.05, 0.1) is 5.02 Å². The Bertz CT molecular complexity index is 856. The first kappa shape index (κ1) is 17.4. The molecule has 5 nitrogen and oxygen atoms in total. The summed E-state index contributed by atoms with van der Waals surface area (Å²) in [7, 11) is -3.73. The van der Waals surface area contributed by atoms with Crippen molar-refractivity contribution >= 4 is 39.0 Å². The van der Waals surface area contributed by atoms with Gasteiger partial charge in [0.15, 0.2) is 0 Å². The van der Waals surface area contributed by atoms with Gasteiger partial charge in [-0.15, -0.1) is 0 Å². The molecule has 1 aromatic heterocycles. The zero-order valence-electron chi connectivity index (χ0n) is 12.5. The standard InChI is InChI=1S/C15H14Cl2FN3O2S/c16-11-4-5-12(17)13(10-11)24(22,23)21-8-6-20(7-9-21)15-3-1-2-14(18)19-15/h1-5,10H,6-9H2. The molecule has 128 valence electrons. The van der Waals surface area contributed by atoms with Crippen LogP contribution in [0.5, 0.6) is 0 Å². The summed E-state index contributed by atoms with van der Waals surface area (Å²) in [5, 5.41) is 0.439. The normalized spacial score (nSPS) is 16.4. The van der Waals surface area contributed by atoms with Gasteiger partial charge >= 0.3 is 0 Å². The molecule has 0 unspecified atom stereocenters. The molecular weight excluding hydrogens is 376 g/mol. The number of benzene rings is 1. The van der Waals surface area contributed by atoms with Crippen molar-refractivity contribution in [1.82, 2.24) is 9.29 Å². The van der Waals surface area contributed by atoms with Crippen LogP contribution in [0.1, 0.15) is 0 Å². The maximum Gasteiger partial charge on any atom is 0.244 e. The fraction of sp³-hybridized carbons (Fsp3) is 0.267. The van der Waals surface area contributed by atoms with Gasteiger partial charge in [-0.2, -0.15) is 8.70 Å². The van der Waals surface area contributed by atoms with Gasteiger partial charge in [-0.3, -0.25) is 0 Å². The summed E-state index contributed by atoms with van der Waals surface area (Å²) < 4.78 is 40.1. The van der Waals surface area contributed by atoms with E-state index in [2.05, 4.69) is 4.98 Å². The molecule has 0 N–H and O–H groups in total. The largest absolute Gasteiger partial charge is 0.354 e. The van der Waals surface area contributed by atoms with Crippen LogP contribution in [0.15, 0.2) is 41.3 Å². The van der Waals surface area contributed by atoms with E-state index < -0.39 is 16.0 Å². The first-order valence-electron chi connectivity index (χ1n) is 7.20. The third kappa shape index (κ3) is 3.49. The fourth-order valence-electron chi connectivity index (χ4n) is 2.55. The SMILES string of the molecule is O=S(=O)(c1cc(Cl)ccc1Cl)N1CCN(c2cccc(F)n2)CC1. The highest BCUT2D eigenvalue weighted by molar-refractivity contribution is 7.89. The number of hydrogen-bond donors (Lipinski definition) is 0. The number of pyridine rings is 1. The maximum atomic E-state index is 13.2. The lowest BCUT2D eigenvalue weighted by atomic mass is 10.3. The van der Waals surface area contributed by atoms with Crippen molar-refractivity contribution in [2.24, 2.45) is 0 Å². The molecule has 0 radical (unpaired) electrons. The Morgan fingerprint density at radius 1 is 1.04 bits per heavy atom. The Hall–Kier alpha value is -1.41. The Morgan fingerprint density at radius 3 is 2.42 bits per heavy atom. The van der Waals surface area contributed by atoms with Crippen molar-refractivity contribution in [2.45, 2.75) is 4.90 Å². The van der Waals surface area contributed by atoms with Gasteiger partial charge in [-0.1, -0.05) is 29.3 Å². The Kier molecular flexibility index (Phi) is 4.96. The van der Waals surface area contributed by atoms with E-state index in [0.29, 0.717) is 23.9 Å². The molecule has 2 heterocycles. The smallest absolute Gasteiger partial charge is 0.244 e. The first-order valence-corrected chi connectivity index (χ1v) is 9.40. The van der Waals surface area contributed by atoms with Gasteiger partial charge in [0, 0.05) is 31.2 Å². The van der Waals surface area contributed by atoms with Crippen molar-refractivity contribution in [2.75, 3.05) is 31.1 Å². The molecule has 1 fully saturated rings. The summed E-state index contributed by atoms with van der Waals surface area (Å²) in [6.45, 7) is 1.33. The lowest BCUT2D eigenvalue weighted by molar-refractivity contribution is 0.383. The van der Waals surface area contributed by atoms with Gasteiger partial charge < -0.3 is 4.90 Å². The van der Waals surface area contributed by atoms with Crippen molar-refractivity contribution in [3.63, 3.8) is 0 Å². The van der Waals surface area contributed by atoms with Crippen molar-refractivity contribution in [1.29, 1.82) is 0 Å². The van der Waals surface area contributed by atoms with E-state index in [9.17, 15) is 12.8 Å². The van der Waals surface area contributed by atoms with Crippen LogP contribution in [-0.2, 0) is 10.0 Å². The number of aromatic nitrogens is 1. The van der Waals surface area contributed by atoms with Gasteiger partial charge in [0.25, 0.3) is 0 Å². The molecule has 24 heavy (non-hydrogen) atoms. The minimum Gasteiger partial charge on any atom is -0.354 e. The van der Waals surface area contributed by atoms with Crippen LogP contribution >= 0.6 is 23.2 Å². The summed E-state index contributed by atoms with van der Waals surface area (Å²) in [4.78, 5) is 5.66. The van der Waals surface area contributed by atoms with Crippen LogP contribution in [0.25, 0.3) is 0 Å². The van der Waals surface area contributed by atoms with E-state index in [0.717, 1.165) is 0 Å². The molecular formula is C15H14Cl2FN3O2S.